The van der Waals surface area contributed by atoms with Crippen LogP contribution in [-0.4, -0.2) is 73.5 Å². The van der Waals surface area contributed by atoms with Crippen LogP contribution in [0.4, 0.5) is 0 Å². The Hall–Kier alpha value is 0.576. The van der Waals surface area contributed by atoms with Gasteiger partial charge in [0.15, 0.2) is 5.92 Å². The van der Waals surface area contributed by atoms with E-state index >= 15 is 0 Å². The molecule has 0 heterocycles. The maximum absolute atomic E-state index is 10.2. The van der Waals surface area contributed by atoms with Crippen LogP contribution in [0.5, 0.6) is 0 Å². The first kappa shape index (κ1) is 14.1. The molecule has 0 fully saturated rings. The molecule has 0 aromatic heterocycles. The van der Waals surface area contributed by atoms with Crippen molar-refractivity contribution in [3.8, 4) is 0 Å². The molecular formula is C6H10KO4. The predicted octanol–water partition coefficient (Wildman–Crippen LogP) is 0.191. The summed E-state index contributed by atoms with van der Waals surface area (Å²) in [7, 11) is 0. The molecule has 0 saturated carbocycles. The Labute approximate surface area is 107 Å². The molecule has 2 N–H and O–H groups in total. The Morgan fingerprint density at radius 1 is 1.27 bits per heavy atom. The van der Waals surface area contributed by atoms with Gasteiger partial charge in [0, 0.05) is 51.4 Å². The van der Waals surface area contributed by atoms with Crippen molar-refractivity contribution in [1.82, 2.24) is 0 Å². The standard InChI is InChI=1S/C6H10O4.K/c1-2-3-4(5(7)8)6(9)10;/h4H,2-3H2,1H3,(H,7,8)(H,9,10);. The number of aliphatic carboxylic acids is 2. The van der Waals surface area contributed by atoms with E-state index in [0.717, 1.165) is 0 Å². The van der Waals surface area contributed by atoms with Crippen LogP contribution in [0.2, 0.25) is 0 Å². The molecule has 0 aliphatic heterocycles. The molecule has 1 radical (unpaired) electrons. The molecular weight excluding hydrogens is 175 g/mol. The third kappa shape index (κ3) is 5.80. The molecule has 5 heteroatoms. The van der Waals surface area contributed by atoms with Gasteiger partial charge in [-0.25, -0.2) is 0 Å². The molecule has 11 heavy (non-hydrogen) atoms. The minimum atomic E-state index is -1.26. The molecule has 0 unspecified atom stereocenters. The number of hydrogen-bond donors (Lipinski definition) is 2. The minimum Gasteiger partial charge on any atom is -0.481 e. The molecule has 0 aliphatic rings. The van der Waals surface area contributed by atoms with E-state index in [1.54, 1.807) is 6.92 Å². The summed E-state index contributed by atoms with van der Waals surface area (Å²) in [5, 5.41) is 16.6. The maximum atomic E-state index is 10.2. The Balaban J connectivity index is 0. The number of carboxylic acids is 2. The van der Waals surface area contributed by atoms with Crippen molar-refractivity contribution >= 4 is 63.3 Å². The quantitative estimate of drug-likeness (QED) is 0.484. The smallest absolute Gasteiger partial charge is 0.317 e. The number of carbonyl (C=O) groups is 2. The third-order valence-corrected chi connectivity index (χ3v) is 1.17. The molecule has 0 aromatic carbocycles. The summed E-state index contributed by atoms with van der Waals surface area (Å²) in [6, 6.07) is 0. The maximum Gasteiger partial charge on any atom is 0.317 e. The van der Waals surface area contributed by atoms with E-state index < -0.39 is 17.9 Å². The fourth-order valence-corrected chi connectivity index (χ4v) is 0.641. The van der Waals surface area contributed by atoms with Gasteiger partial charge in [0.2, 0.25) is 0 Å². The van der Waals surface area contributed by atoms with Crippen LogP contribution in [0.1, 0.15) is 19.8 Å². The van der Waals surface area contributed by atoms with Gasteiger partial charge in [-0.05, 0) is 6.42 Å². The second kappa shape index (κ2) is 7.24. The van der Waals surface area contributed by atoms with Gasteiger partial charge < -0.3 is 10.2 Å². The Morgan fingerprint density at radius 2 is 1.64 bits per heavy atom. The molecule has 59 valence electrons. The van der Waals surface area contributed by atoms with E-state index in [4.69, 9.17) is 10.2 Å². The first-order valence-electron chi connectivity index (χ1n) is 3.05. The molecule has 4 nitrogen and oxygen atoms in total. The molecule has 0 spiro atoms. The summed E-state index contributed by atoms with van der Waals surface area (Å²) in [6.45, 7) is 1.75. The van der Waals surface area contributed by atoms with Crippen molar-refractivity contribution in [2.45, 2.75) is 19.8 Å². The summed E-state index contributed by atoms with van der Waals surface area (Å²) in [5.41, 5.74) is 0. The van der Waals surface area contributed by atoms with Crippen LogP contribution in [0, 0.1) is 5.92 Å². The largest absolute Gasteiger partial charge is 0.481 e. The zero-order valence-electron chi connectivity index (χ0n) is 6.70. The fraction of sp³-hybridized carbons (Fsp3) is 0.667. The van der Waals surface area contributed by atoms with Crippen LogP contribution in [0.25, 0.3) is 0 Å². The van der Waals surface area contributed by atoms with Gasteiger partial charge >= 0.3 is 11.9 Å². The first-order chi connectivity index (χ1) is 4.59. The van der Waals surface area contributed by atoms with E-state index in [9.17, 15) is 9.59 Å². The van der Waals surface area contributed by atoms with E-state index in [1.807, 2.05) is 0 Å². The Bertz CT molecular complexity index is 132. The third-order valence-electron chi connectivity index (χ3n) is 1.17. The number of rotatable bonds is 4. The Morgan fingerprint density at radius 3 is 1.73 bits per heavy atom. The van der Waals surface area contributed by atoms with Crippen LogP contribution in [-0.2, 0) is 9.59 Å². The summed E-state index contributed by atoms with van der Waals surface area (Å²) in [5.74, 6) is -3.74. The van der Waals surface area contributed by atoms with Crippen molar-refractivity contribution < 1.29 is 19.8 Å². The van der Waals surface area contributed by atoms with Crippen molar-refractivity contribution in [3.63, 3.8) is 0 Å². The molecule has 0 rings (SSSR count). The van der Waals surface area contributed by atoms with Crippen molar-refractivity contribution in [2.24, 2.45) is 5.92 Å². The van der Waals surface area contributed by atoms with Gasteiger partial charge in [0.1, 0.15) is 0 Å². The van der Waals surface area contributed by atoms with Gasteiger partial charge in [-0.2, -0.15) is 0 Å². The van der Waals surface area contributed by atoms with Gasteiger partial charge in [-0.3, -0.25) is 9.59 Å². The van der Waals surface area contributed by atoms with Crippen molar-refractivity contribution in [1.29, 1.82) is 0 Å². The summed E-state index contributed by atoms with van der Waals surface area (Å²) in [4.78, 5) is 20.3. The van der Waals surface area contributed by atoms with Gasteiger partial charge in [0.05, 0.1) is 0 Å². The average molecular weight is 185 g/mol. The average Bonchev–Trinajstić information content (AvgIpc) is 1.81. The van der Waals surface area contributed by atoms with Crippen LogP contribution in [0.15, 0.2) is 0 Å². The summed E-state index contributed by atoms with van der Waals surface area (Å²) < 4.78 is 0. The van der Waals surface area contributed by atoms with Crippen LogP contribution >= 0.6 is 0 Å². The van der Waals surface area contributed by atoms with Gasteiger partial charge in [-0.1, -0.05) is 13.3 Å². The second-order valence-electron chi connectivity index (χ2n) is 2.02. The van der Waals surface area contributed by atoms with E-state index in [-0.39, 0.29) is 57.8 Å². The zero-order chi connectivity index (χ0) is 8.15. The van der Waals surface area contributed by atoms with Crippen molar-refractivity contribution in [3.05, 3.63) is 0 Å². The monoisotopic (exact) mass is 185 g/mol. The Kier molecular flexibility index (Phi) is 9.29. The van der Waals surface area contributed by atoms with Gasteiger partial charge in [-0.15, -0.1) is 0 Å². The van der Waals surface area contributed by atoms with Crippen LogP contribution < -0.4 is 0 Å². The van der Waals surface area contributed by atoms with Gasteiger partial charge in [0.25, 0.3) is 0 Å². The minimum absolute atomic E-state index is 0. The second-order valence-corrected chi connectivity index (χ2v) is 2.02. The molecule has 0 atom stereocenters. The normalized spacial score (nSPS) is 8.91. The molecule has 0 saturated heterocycles. The predicted molar refractivity (Wildman–Crippen MR) is 39.4 cm³/mol. The summed E-state index contributed by atoms with van der Waals surface area (Å²) in [6.07, 6.45) is 0.772. The molecule has 0 aromatic rings. The topological polar surface area (TPSA) is 74.6 Å². The van der Waals surface area contributed by atoms with Crippen LogP contribution in [0.3, 0.4) is 0 Å². The number of carboxylic acid groups (broad SMARTS) is 2. The van der Waals surface area contributed by atoms with E-state index in [2.05, 4.69) is 0 Å². The fourth-order valence-electron chi connectivity index (χ4n) is 0.641. The summed E-state index contributed by atoms with van der Waals surface area (Å²) >= 11 is 0. The molecule has 0 aliphatic carbocycles. The zero-order valence-corrected chi connectivity index (χ0v) is 9.83. The SMILES string of the molecule is CCCC(C(=O)O)C(=O)O.[K]. The van der Waals surface area contributed by atoms with E-state index in [0.29, 0.717) is 6.42 Å². The molecule has 0 bridgehead atoms. The van der Waals surface area contributed by atoms with Crippen molar-refractivity contribution in [2.75, 3.05) is 0 Å². The number of hydrogen-bond acceptors (Lipinski definition) is 2. The van der Waals surface area contributed by atoms with E-state index in [1.165, 1.54) is 0 Å². The molecule has 0 amide bonds. The first-order valence-corrected chi connectivity index (χ1v) is 3.05.